The average molecular weight is 468 g/mol. The monoisotopic (exact) mass is 467 g/mol. The highest BCUT2D eigenvalue weighted by atomic mass is 16.5. The highest BCUT2D eigenvalue weighted by molar-refractivity contribution is 6.01. The summed E-state index contributed by atoms with van der Waals surface area (Å²) in [6.45, 7) is 2.75. The Hall–Kier alpha value is -4.75. The molecule has 3 aromatic rings. The molecule has 7 heteroatoms. The molecule has 3 rings (SSSR count). The van der Waals surface area contributed by atoms with Gasteiger partial charge in [-0.15, -0.1) is 0 Å². The molecule has 176 valence electrons. The number of ether oxygens (including phenoxy) is 3. The maximum Gasteiger partial charge on any atom is 0.262 e. The molecule has 1 amide bonds. The van der Waals surface area contributed by atoms with Gasteiger partial charge in [0.1, 0.15) is 24.0 Å². The Morgan fingerprint density at radius 1 is 1.00 bits per heavy atom. The van der Waals surface area contributed by atoms with Crippen LogP contribution < -0.4 is 19.5 Å². The molecule has 3 aromatic carbocycles. The molecule has 1 N–H and O–H groups in total. The second kappa shape index (κ2) is 12.5. The molecule has 0 unspecified atom stereocenters. The zero-order valence-electron chi connectivity index (χ0n) is 19.6. The van der Waals surface area contributed by atoms with Gasteiger partial charge in [0, 0.05) is 12.1 Å². The molecule has 7 nitrogen and oxygen atoms in total. The molecular formula is C28H25N3O4. The largest absolute Gasteiger partial charge is 0.497 e. The molecule has 0 atom stereocenters. The summed E-state index contributed by atoms with van der Waals surface area (Å²) < 4.78 is 16.7. The van der Waals surface area contributed by atoms with Gasteiger partial charge in [-0.3, -0.25) is 4.79 Å². The first-order valence-corrected chi connectivity index (χ1v) is 11.0. The summed E-state index contributed by atoms with van der Waals surface area (Å²) >= 11 is 0. The number of hydrogen-bond acceptors (Lipinski definition) is 6. The smallest absolute Gasteiger partial charge is 0.262 e. The van der Waals surface area contributed by atoms with Crippen LogP contribution in [0.25, 0.3) is 6.08 Å². The van der Waals surface area contributed by atoms with E-state index in [4.69, 9.17) is 14.2 Å². The zero-order chi connectivity index (χ0) is 25.0. The maximum absolute atomic E-state index is 12.6. The van der Waals surface area contributed by atoms with Crippen LogP contribution in [0.4, 0.5) is 0 Å². The summed E-state index contributed by atoms with van der Waals surface area (Å²) in [5.41, 5.74) is 2.78. The van der Waals surface area contributed by atoms with E-state index >= 15 is 0 Å². The van der Waals surface area contributed by atoms with Gasteiger partial charge in [0.25, 0.3) is 5.91 Å². The number of rotatable bonds is 10. The van der Waals surface area contributed by atoms with E-state index in [9.17, 15) is 15.3 Å². The molecule has 0 aliphatic heterocycles. The van der Waals surface area contributed by atoms with Crippen LogP contribution in [0.3, 0.4) is 0 Å². The van der Waals surface area contributed by atoms with E-state index in [1.54, 1.807) is 49.6 Å². The lowest BCUT2D eigenvalue weighted by Gasteiger charge is -2.13. The zero-order valence-corrected chi connectivity index (χ0v) is 19.6. The molecule has 0 radical (unpaired) electrons. The van der Waals surface area contributed by atoms with Crippen LogP contribution in [0.5, 0.6) is 17.2 Å². The third kappa shape index (κ3) is 6.86. The van der Waals surface area contributed by atoms with Crippen molar-refractivity contribution < 1.29 is 19.0 Å². The van der Waals surface area contributed by atoms with Crippen LogP contribution in [-0.4, -0.2) is 19.6 Å². The number of amides is 1. The van der Waals surface area contributed by atoms with E-state index in [0.29, 0.717) is 29.2 Å². The van der Waals surface area contributed by atoms with Gasteiger partial charge in [0.15, 0.2) is 11.5 Å². The highest BCUT2D eigenvalue weighted by Crippen LogP contribution is 2.30. The van der Waals surface area contributed by atoms with Crippen molar-refractivity contribution in [2.75, 3.05) is 13.7 Å². The van der Waals surface area contributed by atoms with Crippen molar-refractivity contribution in [1.82, 2.24) is 5.32 Å². The number of carbonyl (C=O) groups is 1. The van der Waals surface area contributed by atoms with Gasteiger partial charge in [-0.05, 0) is 54.5 Å². The summed E-state index contributed by atoms with van der Waals surface area (Å²) in [5.74, 6) is 1.23. The van der Waals surface area contributed by atoms with E-state index in [1.165, 1.54) is 6.08 Å². The third-order valence-corrected chi connectivity index (χ3v) is 5.08. The first-order valence-electron chi connectivity index (χ1n) is 11.0. The van der Waals surface area contributed by atoms with Crippen molar-refractivity contribution in [2.45, 2.75) is 20.1 Å². The summed E-state index contributed by atoms with van der Waals surface area (Å²) in [6, 6.07) is 23.8. The predicted octanol–water partition coefficient (Wildman–Crippen LogP) is 4.77. The molecule has 0 spiro atoms. The molecular weight excluding hydrogens is 442 g/mol. The van der Waals surface area contributed by atoms with E-state index in [2.05, 4.69) is 11.4 Å². The fraction of sp³-hybridized carbons (Fsp3) is 0.179. The van der Waals surface area contributed by atoms with Crippen LogP contribution in [0.2, 0.25) is 0 Å². The molecule has 0 saturated heterocycles. The lowest BCUT2D eigenvalue weighted by molar-refractivity contribution is -0.117. The molecule has 35 heavy (non-hydrogen) atoms. The van der Waals surface area contributed by atoms with Gasteiger partial charge in [-0.1, -0.05) is 36.4 Å². The van der Waals surface area contributed by atoms with Gasteiger partial charge in [-0.2, -0.15) is 10.5 Å². The van der Waals surface area contributed by atoms with Crippen molar-refractivity contribution in [3.8, 4) is 29.4 Å². The van der Waals surface area contributed by atoms with Crippen molar-refractivity contribution in [2.24, 2.45) is 0 Å². The van der Waals surface area contributed by atoms with Gasteiger partial charge < -0.3 is 19.5 Å². The molecule has 0 aliphatic rings. The summed E-state index contributed by atoms with van der Waals surface area (Å²) in [6.07, 6.45) is 1.50. The standard InChI is InChI=1S/C28H25N3O4/c1-3-34-27-15-21(10-13-26(27)35-19-23-7-5-4-6-22(23)16-29)14-24(17-30)28(32)31-18-20-8-11-25(33-2)12-9-20/h4-15H,3,18-19H2,1-2H3,(H,31,32)/b24-14-. The number of nitrogens with one attached hydrogen (secondary N) is 1. The Kier molecular flexibility index (Phi) is 8.87. The highest BCUT2D eigenvalue weighted by Gasteiger charge is 2.12. The lowest BCUT2D eigenvalue weighted by Crippen LogP contribution is -2.23. The number of nitrogens with zero attached hydrogens (tertiary/aromatic N) is 2. The number of benzene rings is 3. The van der Waals surface area contributed by atoms with Crippen LogP contribution >= 0.6 is 0 Å². The lowest BCUT2D eigenvalue weighted by atomic mass is 10.1. The van der Waals surface area contributed by atoms with Crippen molar-refractivity contribution in [1.29, 1.82) is 10.5 Å². The number of carbonyl (C=O) groups excluding carboxylic acids is 1. The minimum absolute atomic E-state index is 0.0300. The van der Waals surface area contributed by atoms with Crippen LogP contribution in [0.15, 0.2) is 72.3 Å². The molecule has 0 saturated carbocycles. The van der Waals surface area contributed by atoms with Gasteiger partial charge in [0.05, 0.1) is 25.3 Å². The third-order valence-electron chi connectivity index (χ3n) is 5.08. The molecule has 0 fully saturated rings. The maximum atomic E-state index is 12.6. The first-order chi connectivity index (χ1) is 17.1. The minimum Gasteiger partial charge on any atom is -0.497 e. The molecule has 0 bridgehead atoms. The summed E-state index contributed by atoms with van der Waals surface area (Å²) in [5, 5.41) is 21.6. The number of methoxy groups -OCH3 is 1. The average Bonchev–Trinajstić information content (AvgIpc) is 2.90. The summed E-state index contributed by atoms with van der Waals surface area (Å²) in [7, 11) is 1.59. The second-order valence-electron chi connectivity index (χ2n) is 7.40. The van der Waals surface area contributed by atoms with Crippen molar-refractivity contribution in [3.05, 3.63) is 94.6 Å². The topological polar surface area (TPSA) is 104 Å². The Bertz CT molecular complexity index is 1280. The fourth-order valence-corrected chi connectivity index (χ4v) is 3.25. The van der Waals surface area contributed by atoms with E-state index in [-0.39, 0.29) is 18.7 Å². The SMILES string of the molecule is CCOc1cc(/C=C(/C#N)C(=O)NCc2ccc(OC)cc2)ccc1OCc1ccccc1C#N. The number of hydrogen-bond donors (Lipinski definition) is 1. The van der Waals surface area contributed by atoms with Crippen LogP contribution in [0, 0.1) is 22.7 Å². The van der Waals surface area contributed by atoms with E-state index < -0.39 is 5.91 Å². The Morgan fingerprint density at radius 3 is 2.46 bits per heavy atom. The Morgan fingerprint density at radius 2 is 1.77 bits per heavy atom. The van der Waals surface area contributed by atoms with Crippen LogP contribution in [0.1, 0.15) is 29.2 Å². The van der Waals surface area contributed by atoms with E-state index in [1.807, 2.05) is 37.3 Å². The quantitative estimate of drug-likeness (QED) is 0.340. The molecule has 0 aromatic heterocycles. The van der Waals surface area contributed by atoms with Gasteiger partial charge in [-0.25, -0.2) is 0 Å². The normalized spacial score (nSPS) is 10.6. The predicted molar refractivity (Wildman–Crippen MR) is 132 cm³/mol. The summed E-state index contributed by atoms with van der Waals surface area (Å²) in [4.78, 5) is 12.6. The molecule has 0 aliphatic carbocycles. The van der Waals surface area contributed by atoms with Gasteiger partial charge >= 0.3 is 0 Å². The second-order valence-corrected chi connectivity index (χ2v) is 7.40. The molecule has 0 heterocycles. The van der Waals surface area contributed by atoms with Crippen LogP contribution in [-0.2, 0) is 17.9 Å². The van der Waals surface area contributed by atoms with Gasteiger partial charge in [0.2, 0.25) is 0 Å². The van der Waals surface area contributed by atoms with E-state index in [0.717, 1.165) is 16.9 Å². The van der Waals surface area contributed by atoms with Crippen molar-refractivity contribution >= 4 is 12.0 Å². The number of nitriles is 2. The van der Waals surface area contributed by atoms with Crippen molar-refractivity contribution in [3.63, 3.8) is 0 Å². The Labute approximate surface area is 204 Å². The first kappa shape index (κ1) is 24.9. The fourth-order valence-electron chi connectivity index (χ4n) is 3.25. The minimum atomic E-state index is -0.477. The Balaban J connectivity index is 1.72.